The molecule has 1 aliphatic rings. The van der Waals surface area contributed by atoms with E-state index in [9.17, 15) is 0 Å². The second-order valence-electron chi connectivity index (χ2n) is 6.19. The lowest BCUT2D eigenvalue weighted by molar-refractivity contribution is 0.379. The number of hydrogen-bond acceptors (Lipinski definition) is 2. The number of aryl methyl sites for hydroxylation is 1. The van der Waals surface area contributed by atoms with E-state index in [1.54, 1.807) is 0 Å². The summed E-state index contributed by atoms with van der Waals surface area (Å²) in [6.07, 6.45) is 2.47. The molecular weight excluding hydrogens is 208 g/mol. The molecule has 0 bridgehead atoms. The summed E-state index contributed by atoms with van der Waals surface area (Å²) in [5.74, 6) is 0. The summed E-state index contributed by atoms with van der Waals surface area (Å²) < 4.78 is 0. The van der Waals surface area contributed by atoms with Gasteiger partial charge in [-0.25, -0.2) is 0 Å². The zero-order chi connectivity index (χ0) is 12.3. The predicted octanol–water partition coefficient (Wildman–Crippen LogP) is 3.18. The fourth-order valence-electron chi connectivity index (χ4n) is 2.22. The maximum absolute atomic E-state index is 3.53. The summed E-state index contributed by atoms with van der Waals surface area (Å²) in [7, 11) is 0. The number of fused-ring (bicyclic) bond motifs is 1. The summed E-state index contributed by atoms with van der Waals surface area (Å²) in [6.45, 7) is 9.94. The SMILES string of the molecule is CC(C)(C)CNCc1ccc2c(c1)CCCN2. The van der Waals surface area contributed by atoms with E-state index in [1.165, 1.54) is 29.7 Å². The fourth-order valence-corrected chi connectivity index (χ4v) is 2.22. The third-order valence-corrected chi connectivity index (χ3v) is 3.09. The Morgan fingerprint density at radius 1 is 1.29 bits per heavy atom. The van der Waals surface area contributed by atoms with Gasteiger partial charge in [0.05, 0.1) is 0 Å². The average molecular weight is 232 g/mol. The minimum Gasteiger partial charge on any atom is -0.385 e. The highest BCUT2D eigenvalue weighted by molar-refractivity contribution is 5.54. The van der Waals surface area contributed by atoms with Gasteiger partial charge in [0, 0.05) is 25.3 Å². The van der Waals surface area contributed by atoms with Crippen LogP contribution in [0.4, 0.5) is 5.69 Å². The lowest BCUT2D eigenvalue weighted by Gasteiger charge is -2.21. The largest absolute Gasteiger partial charge is 0.385 e. The van der Waals surface area contributed by atoms with Crippen molar-refractivity contribution in [1.82, 2.24) is 5.32 Å². The molecule has 1 aromatic carbocycles. The molecule has 2 heteroatoms. The lowest BCUT2D eigenvalue weighted by Crippen LogP contribution is -2.26. The molecule has 1 heterocycles. The summed E-state index contributed by atoms with van der Waals surface area (Å²) in [6, 6.07) is 6.80. The number of nitrogens with one attached hydrogen (secondary N) is 2. The van der Waals surface area contributed by atoms with Crippen LogP contribution in [0.25, 0.3) is 0 Å². The fraction of sp³-hybridized carbons (Fsp3) is 0.600. The Hall–Kier alpha value is -1.02. The van der Waals surface area contributed by atoms with Crippen LogP contribution in [0, 0.1) is 5.41 Å². The van der Waals surface area contributed by atoms with Crippen LogP contribution < -0.4 is 10.6 Å². The molecule has 2 rings (SSSR count). The Kier molecular flexibility index (Phi) is 3.72. The highest BCUT2D eigenvalue weighted by Gasteiger charge is 2.10. The van der Waals surface area contributed by atoms with Crippen molar-refractivity contribution in [1.29, 1.82) is 0 Å². The first-order valence-electron chi connectivity index (χ1n) is 6.61. The van der Waals surface area contributed by atoms with E-state index >= 15 is 0 Å². The Balaban J connectivity index is 1.93. The van der Waals surface area contributed by atoms with Gasteiger partial charge in [0.1, 0.15) is 0 Å². The van der Waals surface area contributed by atoms with Crippen LogP contribution in [-0.2, 0) is 13.0 Å². The Morgan fingerprint density at radius 3 is 2.88 bits per heavy atom. The molecular formula is C15H24N2. The van der Waals surface area contributed by atoms with E-state index in [2.05, 4.69) is 49.6 Å². The van der Waals surface area contributed by atoms with Gasteiger partial charge in [0.25, 0.3) is 0 Å². The predicted molar refractivity (Wildman–Crippen MR) is 74.4 cm³/mol. The van der Waals surface area contributed by atoms with Crippen LogP contribution >= 0.6 is 0 Å². The molecule has 0 amide bonds. The molecule has 0 radical (unpaired) electrons. The third-order valence-electron chi connectivity index (χ3n) is 3.09. The van der Waals surface area contributed by atoms with E-state index in [4.69, 9.17) is 0 Å². The van der Waals surface area contributed by atoms with Crippen LogP contribution in [-0.4, -0.2) is 13.1 Å². The molecule has 2 N–H and O–H groups in total. The minimum atomic E-state index is 0.357. The zero-order valence-corrected chi connectivity index (χ0v) is 11.3. The molecule has 17 heavy (non-hydrogen) atoms. The first-order chi connectivity index (χ1) is 8.04. The lowest BCUT2D eigenvalue weighted by atomic mass is 9.96. The zero-order valence-electron chi connectivity index (χ0n) is 11.3. The Labute approximate surface area is 105 Å². The van der Waals surface area contributed by atoms with Gasteiger partial charge in [-0.1, -0.05) is 32.9 Å². The molecule has 0 aliphatic carbocycles. The number of rotatable bonds is 3. The van der Waals surface area contributed by atoms with Gasteiger partial charge >= 0.3 is 0 Å². The monoisotopic (exact) mass is 232 g/mol. The van der Waals surface area contributed by atoms with Gasteiger partial charge in [0.15, 0.2) is 0 Å². The highest BCUT2D eigenvalue weighted by Crippen LogP contribution is 2.22. The van der Waals surface area contributed by atoms with Crippen molar-refractivity contribution in [2.45, 2.75) is 40.2 Å². The number of anilines is 1. The van der Waals surface area contributed by atoms with Crippen molar-refractivity contribution in [3.63, 3.8) is 0 Å². The standard InChI is InChI=1S/C15H24N2/c1-15(2,3)11-16-10-12-6-7-14-13(9-12)5-4-8-17-14/h6-7,9,16-17H,4-5,8,10-11H2,1-3H3. The van der Waals surface area contributed by atoms with Crippen molar-refractivity contribution in [2.75, 3.05) is 18.4 Å². The van der Waals surface area contributed by atoms with Crippen LogP contribution in [0.1, 0.15) is 38.3 Å². The van der Waals surface area contributed by atoms with Gasteiger partial charge in [0.2, 0.25) is 0 Å². The van der Waals surface area contributed by atoms with E-state index in [0.29, 0.717) is 5.41 Å². The van der Waals surface area contributed by atoms with Crippen LogP contribution in [0.2, 0.25) is 0 Å². The number of hydrogen-bond donors (Lipinski definition) is 2. The molecule has 94 valence electrons. The second-order valence-corrected chi connectivity index (χ2v) is 6.19. The number of benzene rings is 1. The Morgan fingerprint density at radius 2 is 2.12 bits per heavy atom. The molecule has 1 aliphatic heterocycles. The van der Waals surface area contributed by atoms with E-state index in [0.717, 1.165) is 19.6 Å². The van der Waals surface area contributed by atoms with Gasteiger partial charge < -0.3 is 10.6 Å². The van der Waals surface area contributed by atoms with Crippen molar-refractivity contribution in [2.24, 2.45) is 5.41 Å². The van der Waals surface area contributed by atoms with Gasteiger partial charge in [-0.05, 0) is 35.4 Å². The van der Waals surface area contributed by atoms with Gasteiger partial charge in [-0.2, -0.15) is 0 Å². The minimum absolute atomic E-state index is 0.357. The molecule has 1 aromatic rings. The molecule has 0 unspecified atom stereocenters. The Bertz CT molecular complexity index is 377. The summed E-state index contributed by atoms with van der Waals surface area (Å²) in [5.41, 5.74) is 4.56. The topological polar surface area (TPSA) is 24.1 Å². The molecule has 0 saturated heterocycles. The molecule has 0 aromatic heterocycles. The summed E-state index contributed by atoms with van der Waals surface area (Å²) >= 11 is 0. The molecule has 0 spiro atoms. The van der Waals surface area contributed by atoms with Gasteiger partial charge in [-0.3, -0.25) is 0 Å². The maximum atomic E-state index is 3.53. The normalized spacial score (nSPS) is 15.2. The first kappa shape index (κ1) is 12.4. The average Bonchev–Trinajstić information content (AvgIpc) is 2.27. The van der Waals surface area contributed by atoms with E-state index < -0.39 is 0 Å². The van der Waals surface area contributed by atoms with Crippen molar-refractivity contribution in [3.8, 4) is 0 Å². The van der Waals surface area contributed by atoms with Crippen LogP contribution in [0.5, 0.6) is 0 Å². The molecule has 0 atom stereocenters. The third kappa shape index (κ3) is 3.74. The summed E-state index contributed by atoms with van der Waals surface area (Å²) in [4.78, 5) is 0. The smallest absolute Gasteiger partial charge is 0.0372 e. The molecule has 0 fully saturated rings. The van der Waals surface area contributed by atoms with Crippen molar-refractivity contribution < 1.29 is 0 Å². The summed E-state index contributed by atoms with van der Waals surface area (Å²) in [5, 5.41) is 6.98. The second kappa shape index (κ2) is 5.09. The quantitative estimate of drug-likeness (QED) is 0.836. The van der Waals surface area contributed by atoms with E-state index in [-0.39, 0.29) is 0 Å². The van der Waals surface area contributed by atoms with E-state index in [1.807, 2.05) is 0 Å². The maximum Gasteiger partial charge on any atom is 0.0372 e. The van der Waals surface area contributed by atoms with Crippen LogP contribution in [0.3, 0.4) is 0 Å². The molecule has 0 saturated carbocycles. The van der Waals surface area contributed by atoms with Crippen molar-refractivity contribution >= 4 is 5.69 Å². The van der Waals surface area contributed by atoms with Crippen molar-refractivity contribution in [3.05, 3.63) is 29.3 Å². The van der Waals surface area contributed by atoms with Gasteiger partial charge in [-0.15, -0.1) is 0 Å². The molecule has 2 nitrogen and oxygen atoms in total. The highest BCUT2D eigenvalue weighted by atomic mass is 14.9. The van der Waals surface area contributed by atoms with Crippen LogP contribution in [0.15, 0.2) is 18.2 Å². The first-order valence-corrected chi connectivity index (χ1v) is 6.61.